The van der Waals surface area contributed by atoms with Crippen molar-refractivity contribution in [2.75, 3.05) is 19.6 Å². The molecule has 2 aliphatic rings. The quantitative estimate of drug-likeness (QED) is 0.841. The number of halogens is 1. The lowest BCUT2D eigenvalue weighted by Gasteiger charge is -2.43. The molecule has 2 aromatic rings. The molecule has 3 atom stereocenters. The van der Waals surface area contributed by atoms with E-state index >= 15 is 0 Å². The number of hydrogen-bond acceptors (Lipinski definition) is 5. The predicted molar refractivity (Wildman–Crippen MR) is 95.1 cm³/mol. The molecule has 2 aliphatic heterocycles. The van der Waals surface area contributed by atoms with Crippen LogP contribution in [0, 0.1) is 5.92 Å². The number of fused-ring (bicyclic) bond motifs is 4. The predicted octanol–water partition coefficient (Wildman–Crippen LogP) is 0.738. The van der Waals surface area contributed by atoms with Gasteiger partial charge in [0.15, 0.2) is 0 Å². The third kappa shape index (κ3) is 3.29. The molecular weight excluding hydrogens is 342 g/mol. The first-order chi connectivity index (χ1) is 11.7. The van der Waals surface area contributed by atoms with Crippen molar-refractivity contribution >= 4 is 18.3 Å². The standard InChI is InChI=1S/C17H19N5O2.ClH/c23-16-3-1-2-14-11-6-12(8-19-7-11)15(22(14)16)10-21-17(24)13-9-18-4-5-20-13;/h1-5,9,11-12,15,19H,6-8,10H2,(H,21,24);1H/t11-,12+,15+;/m1./s1. The van der Waals surface area contributed by atoms with Gasteiger partial charge in [0.05, 0.1) is 12.2 Å². The normalized spacial score (nSPS) is 23.9. The highest BCUT2D eigenvalue weighted by Crippen LogP contribution is 2.37. The van der Waals surface area contributed by atoms with Crippen LogP contribution in [0.25, 0.3) is 0 Å². The van der Waals surface area contributed by atoms with Crippen molar-refractivity contribution < 1.29 is 4.79 Å². The molecule has 1 amide bonds. The minimum absolute atomic E-state index is 0. The first kappa shape index (κ1) is 17.6. The minimum Gasteiger partial charge on any atom is -0.349 e. The van der Waals surface area contributed by atoms with E-state index in [2.05, 4.69) is 20.6 Å². The van der Waals surface area contributed by atoms with Gasteiger partial charge in [-0.15, -0.1) is 12.4 Å². The zero-order chi connectivity index (χ0) is 16.5. The average Bonchev–Trinajstić information content (AvgIpc) is 2.63. The van der Waals surface area contributed by atoms with E-state index in [9.17, 15) is 9.59 Å². The van der Waals surface area contributed by atoms with Gasteiger partial charge >= 0.3 is 0 Å². The minimum atomic E-state index is -0.264. The number of pyridine rings is 1. The maximum Gasteiger partial charge on any atom is 0.271 e. The third-order valence-electron chi connectivity index (χ3n) is 4.97. The maximum absolute atomic E-state index is 12.4. The van der Waals surface area contributed by atoms with E-state index in [0.29, 0.717) is 18.4 Å². The van der Waals surface area contributed by atoms with Crippen molar-refractivity contribution in [3.63, 3.8) is 0 Å². The molecular formula is C17H20ClN5O2. The lowest BCUT2D eigenvalue weighted by molar-refractivity contribution is 0.0927. The average molecular weight is 362 g/mol. The molecule has 0 aliphatic carbocycles. The van der Waals surface area contributed by atoms with Gasteiger partial charge in [0, 0.05) is 49.7 Å². The Bertz CT molecular complexity index is 810. The van der Waals surface area contributed by atoms with Crippen molar-refractivity contribution in [2.45, 2.75) is 18.4 Å². The number of aromatic nitrogens is 3. The molecule has 4 rings (SSSR count). The van der Waals surface area contributed by atoms with Gasteiger partial charge in [0.2, 0.25) is 0 Å². The van der Waals surface area contributed by atoms with Crippen molar-refractivity contribution in [3.05, 3.63) is 58.5 Å². The number of rotatable bonds is 3. The van der Waals surface area contributed by atoms with Gasteiger partial charge < -0.3 is 15.2 Å². The third-order valence-corrected chi connectivity index (χ3v) is 4.97. The van der Waals surface area contributed by atoms with Crippen molar-refractivity contribution in [1.82, 2.24) is 25.2 Å². The van der Waals surface area contributed by atoms with Crippen LogP contribution in [0.15, 0.2) is 41.6 Å². The summed E-state index contributed by atoms with van der Waals surface area (Å²) in [6.07, 6.45) is 5.50. The van der Waals surface area contributed by atoms with Crippen LogP contribution < -0.4 is 16.2 Å². The van der Waals surface area contributed by atoms with Crippen LogP contribution in [0.1, 0.15) is 34.6 Å². The molecule has 2 aromatic heterocycles. The van der Waals surface area contributed by atoms with Crippen LogP contribution in [0.5, 0.6) is 0 Å². The van der Waals surface area contributed by atoms with Gasteiger partial charge in [-0.3, -0.25) is 14.6 Å². The van der Waals surface area contributed by atoms with E-state index < -0.39 is 0 Å². The van der Waals surface area contributed by atoms with E-state index in [0.717, 1.165) is 25.2 Å². The smallest absolute Gasteiger partial charge is 0.271 e. The van der Waals surface area contributed by atoms with E-state index in [4.69, 9.17) is 0 Å². The number of amides is 1. The van der Waals surface area contributed by atoms with Crippen LogP contribution in [0.3, 0.4) is 0 Å². The van der Waals surface area contributed by atoms with E-state index in [1.165, 1.54) is 18.6 Å². The van der Waals surface area contributed by atoms with Crippen LogP contribution in [-0.2, 0) is 0 Å². The summed E-state index contributed by atoms with van der Waals surface area (Å²) in [6, 6.07) is 5.39. The molecule has 0 spiro atoms. The number of hydrogen-bond donors (Lipinski definition) is 2. The Kier molecular flexibility index (Phi) is 5.15. The van der Waals surface area contributed by atoms with Crippen molar-refractivity contribution in [2.24, 2.45) is 5.92 Å². The SMILES string of the molecule is Cl.O=C(NC[C@H]1[C@@H]2CNC[C@@H](C2)c2cccc(=O)n21)c1cnccn1. The lowest BCUT2D eigenvalue weighted by Crippen LogP contribution is -2.50. The van der Waals surface area contributed by atoms with E-state index in [-0.39, 0.29) is 35.6 Å². The fourth-order valence-corrected chi connectivity index (χ4v) is 3.87. The summed E-state index contributed by atoms with van der Waals surface area (Å²) in [4.78, 5) is 32.6. The monoisotopic (exact) mass is 361 g/mol. The maximum atomic E-state index is 12.4. The Morgan fingerprint density at radius 2 is 2.20 bits per heavy atom. The van der Waals surface area contributed by atoms with Crippen LogP contribution in [-0.4, -0.2) is 40.1 Å². The Labute approximate surface area is 151 Å². The molecule has 8 heteroatoms. The Morgan fingerprint density at radius 1 is 1.32 bits per heavy atom. The highest BCUT2D eigenvalue weighted by atomic mass is 35.5. The van der Waals surface area contributed by atoms with Crippen molar-refractivity contribution in [1.29, 1.82) is 0 Å². The first-order valence-electron chi connectivity index (χ1n) is 8.20. The molecule has 2 N–H and O–H groups in total. The number of piperidine rings is 1. The van der Waals surface area contributed by atoms with E-state index in [1.807, 2.05) is 16.7 Å². The molecule has 4 heterocycles. The fourth-order valence-electron chi connectivity index (χ4n) is 3.87. The number of carbonyl (C=O) groups is 1. The summed E-state index contributed by atoms with van der Waals surface area (Å²) in [5.74, 6) is 0.433. The molecule has 0 aromatic carbocycles. The highest BCUT2D eigenvalue weighted by molar-refractivity contribution is 5.91. The van der Waals surface area contributed by atoms with Gasteiger partial charge in [0.25, 0.3) is 11.5 Å². The zero-order valence-corrected chi connectivity index (χ0v) is 14.4. The lowest BCUT2D eigenvalue weighted by atomic mass is 9.79. The molecule has 0 saturated carbocycles. The highest BCUT2D eigenvalue weighted by Gasteiger charge is 2.37. The topological polar surface area (TPSA) is 88.9 Å². The summed E-state index contributed by atoms with van der Waals surface area (Å²) in [7, 11) is 0. The Balaban J connectivity index is 0.00000182. The van der Waals surface area contributed by atoms with Crippen LogP contribution >= 0.6 is 12.4 Å². The summed E-state index contributed by atoms with van der Waals surface area (Å²) >= 11 is 0. The summed E-state index contributed by atoms with van der Waals surface area (Å²) in [6.45, 7) is 2.17. The van der Waals surface area contributed by atoms with Crippen LogP contribution in [0.4, 0.5) is 0 Å². The zero-order valence-electron chi connectivity index (χ0n) is 13.6. The molecule has 25 heavy (non-hydrogen) atoms. The molecule has 0 radical (unpaired) electrons. The van der Waals surface area contributed by atoms with Crippen molar-refractivity contribution in [3.8, 4) is 0 Å². The number of carbonyl (C=O) groups excluding carboxylic acids is 1. The van der Waals surface area contributed by atoms with Gasteiger partial charge in [-0.2, -0.15) is 0 Å². The van der Waals surface area contributed by atoms with Crippen LogP contribution in [0.2, 0.25) is 0 Å². The van der Waals surface area contributed by atoms with Gasteiger partial charge in [-0.1, -0.05) is 6.07 Å². The second-order valence-corrected chi connectivity index (χ2v) is 6.38. The Hall–Kier alpha value is -2.25. The number of nitrogens with zero attached hydrogens (tertiary/aromatic N) is 3. The second-order valence-electron chi connectivity index (χ2n) is 6.38. The van der Waals surface area contributed by atoms with Gasteiger partial charge in [0.1, 0.15) is 5.69 Å². The largest absolute Gasteiger partial charge is 0.349 e. The first-order valence-corrected chi connectivity index (χ1v) is 8.20. The van der Waals surface area contributed by atoms with Gasteiger partial charge in [-0.05, 0) is 18.4 Å². The molecule has 1 fully saturated rings. The molecule has 132 valence electrons. The summed E-state index contributed by atoms with van der Waals surface area (Å²) in [5, 5.41) is 6.36. The summed E-state index contributed by atoms with van der Waals surface area (Å²) in [5.41, 5.74) is 1.35. The summed E-state index contributed by atoms with van der Waals surface area (Å²) < 4.78 is 1.87. The molecule has 2 bridgehead atoms. The Morgan fingerprint density at radius 3 is 3.00 bits per heavy atom. The van der Waals surface area contributed by atoms with E-state index in [1.54, 1.807) is 6.07 Å². The molecule has 0 unspecified atom stereocenters. The molecule has 1 saturated heterocycles. The fraction of sp³-hybridized carbons (Fsp3) is 0.412. The molecule has 7 nitrogen and oxygen atoms in total. The van der Waals surface area contributed by atoms with Gasteiger partial charge in [-0.25, -0.2) is 4.98 Å². The second kappa shape index (κ2) is 7.33. The number of nitrogens with one attached hydrogen (secondary N) is 2.